The molecule has 1 rings (SSSR count). The summed E-state index contributed by atoms with van der Waals surface area (Å²) < 4.78 is 11.0. The molecular formula is C11H16N2O3S. The number of carboxylic acids is 1. The Kier molecular flexibility index (Phi) is 4.51. The summed E-state index contributed by atoms with van der Waals surface area (Å²) in [6, 6.07) is 4.52. The van der Waals surface area contributed by atoms with E-state index in [1.54, 1.807) is 12.3 Å². The molecule has 2 atom stereocenters. The van der Waals surface area contributed by atoms with Crippen molar-refractivity contribution in [2.75, 3.05) is 23.1 Å². The van der Waals surface area contributed by atoms with Gasteiger partial charge in [0.05, 0.1) is 16.9 Å². The molecule has 0 heterocycles. The van der Waals surface area contributed by atoms with Crippen LogP contribution < -0.4 is 11.1 Å². The van der Waals surface area contributed by atoms with Crippen molar-refractivity contribution in [1.82, 2.24) is 0 Å². The number of anilines is 2. The molecule has 1 aromatic rings. The van der Waals surface area contributed by atoms with Gasteiger partial charge in [0.25, 0.3) is 0 Å². The minimum atomic E-state index is -1.01. The Hall–Kier alpha value is -1.56. The summed E-state index contributed by atoms with van der Waals surface area (Å²) in [5, 5.41) is 11.9. The molecule has 94 valence electrons. The number of nitrogens with one attached hydrogen (secondary N) is 1. The zero-order chi connectivity index (χ0) is 13.0. The third-order valence-electron chi connectivity index (χ3n) is 2.19. The Labute approximate surface area is 102 Å². The second kappa shape index (κ2) is 5.67. The molecule has 0 saturated carbocycles. The van der Waals surface area contributed by atoms with Crippen molar-refractivity contribution >= 4 is 28.1 Å². The Bertz CT molecular complexity index is 448. The average molecular weight is 256 g/mol. The Morgan fingerprint density at radius 2 is 2.24 bits per heavy atom. The van der Waals surface area contributed by atoms with Crippen LogP contribution in [0.15, 0.2) is 18.2 Å². The number of nitrogens with two attached hydrogens (primary N) is 1. The summed E-state index contributed by atoms with van der Waals surface area (Å²) in [4.78, 5) is 10.7. The fourth-order valence-corrected chi connectivity index (χ4v) is 2.27. The largest absolute Gasteiger partial charge is 0.478 e. The van der Waals surface area contributed by atoms with Crippen LogP contribution in [0.2, 0.25) is 0 Å². The SMILES string of the molecule is CC(CS(C)=O)Nc1ccc(C(=O)O)cc1N. The molecule has 0 spiro atoms. The van der Waals surface area contributed by atoms with Crippen molar-refractivity contribution < 1.29 is 14.1 Å². The quantitative estimate of drug-likeness (QED) is 0.687. The molecule has 17 heavy (non-hydrogen) atoms. The second-order valence-electron chi connectivity index (χ2n) is 3.89. The lowest BCUT2D eigenvalue weighted by atomic mass is 10.1. The maximum absolute atomic E-state index is 11.0. The van der Waals surface area contributed by atoms with E-state index >= 15 is 0 Å². The van der Waals surface area contributed by atoms with Gasteiger partial charge in [-0.25, -0.2) is 4.79 Å². The minimum Gasteiger partial charge on any atom is -0.478 e. The van der Waals surface area contributed by atoms with Crippen LogP contribution in [0.25, 0.3) is 0 Å². The molecule has 6 heteroatoms. The molecule has 5 nitrogen and oxygen atoms in total. The zero-order valence-electron chi connectivity index (χ0n) is 9.77. The van der Waals surface area contributed by atoms with Crippen LogP contribution in [0.1, 0.15) is 17.3 Å². The van der Waals surface area contributed by atoms with E-state index in [0.717, 1.165) is 0 Å². The number of carbonyl (C=O) groups is 1. The van der Waals surface area contributed by atoms with Gasteiger partial charge in [0.1, 0.15) is 0 Å². The molecule has 0 radical (unpaired) electrons. The Morgan fingerprint density at radius 1 is 1.59 bits per heavy atom. The number of carboxylic acid groups (broad SMARTS) is 1. The number of hydrogen-bond donors (Lipinski definition) is 3. The highest BCUT2D eigenvalue weighted by Crippen LogP contribution is 2.20. The van der Waals surface area contributed by atoms with Gasteiger partial charge in [0, 0.05) is 28.9 Å². The number of aromatic carboxylic acids is 1. The van der Waals surface area contributed by atoms with E-state index in [9.17, 15) is 9.00 Å². The van der Waals surface area contributed by atoms with E-state index in [2.05, 4.69) is 5.32 Å². The van der Waals surface area contributed by atoms with Crippen LogP contribution in [-0.4, -0.2) is 33.3 Å². The molecule has 0 bridgehead atoms. The van der Waals surface area contributed by atoms with Crippen LogP contribution in [0.5, 0.6) is 0 Å². The van der Waals surface area contributed by atoms with E-state index < -0.39 is 16.8 Å². The number of rotatable bonds is 5. The summed E-state index contributed by atoms with van der Waals surface area (Å²) in [5.74, 6) is -0.494. The van der Waals surface area contributed by atoms with Crippen molar-refractivity contribution in [3.63, 3.8) is 0 Å². The van der Waals surface area contributed by atoms with Crippen LogP contribution in [0.3, 0.4) is 0 Å². The summed E-state index contributed by atoms with van der Waals surface area (Å²) in [5.41, 5.74) is 6.92. The summed E-state index contributed by atoms with van der Waals surface area (Å²) in [7, 11) is -0.885. The monoisotopic (exact) mass is 256 g/mol. The maximum atomic E-state index is 11.0. The summed E-state index contributed by atoms with van der Waals surface area (Å²) in [6.07, 6.45) is 1.63. The van der Waals surface area contributed by atoms with Crippen LogP contribution >= 0.6 is 0 Å². The molecule has 0 amide bonds. The van der Waals surface area contributed by atoms with E-state index in [-0.39, 0.29) is 11.6 Å². The molecular weight excluding hydrogens is 240 g/mol. The average Bonchev–Trinajstić information content (AvgIpc) is 2.19. The lowest BCUT2D eigenvalue weighted by Gasteiger charge is -2.15. The van der Waals surface area contributed by atoms with Crippen molar-refractivity contribution in [3.05, 3.63) is 23.8 Å². The Morgan fingerprint density at radius 3 is 2.71 bits per heavy atom. The van der Waals surface area contributed by atoms with Gasteiger partial charge >= 0.3 is 5.97 Å². The smallest absolute Gasteiger partial charge is 0.335 e. The third kappa shape index (κ3) is 4.07. The molecule has 4 N–H and O–H groups in total. The zero-order valence-corrected chi connectivity index (χ0v) is 10.6. The van der Waals surface area contributed by atoms with Gasteiger partial charge in [-0.05, 0) is 25.1 Å². The van der Waals surface area contributed by atoms with E-state index in [1.165, 1.54) is 12.1 Å². The second-order valence-corrected chi connectivity index (χ2v) is 5.37. The van der Waals surface area contributed by atoms with Crippen molar-refractivity contribution in [2.45, 2.75) is 13.0 Å². The third-order valence-corrected chi connectivity index (χ3v) is 3.15. The first-order valence-corrected chi connectivity index (χ1v) is 6.82. The fraction of sp³-hybridized carbons (Fsp3) is 0.364. The van der Waals surface area contributed by atoms with Gasteiger partial charge in [-0.3, -0.25) is 4.21 Å². The van der Waals surface area contributed by atoms with Crippen molar-refractivity contribution in [1.29, 1.82) is 0 Å². The van der Waals surface area contributed by atoms with Crippen molar-refractivity contribution in [2.24, 2.45) is 0 Å². The molecule has 0 aliphatic rings. The van der Waals surface area contributed by atoms with Crippen LogP contribution in [-0.2, 0) is 10.8 Å². The minimum absolute atomic E-state index is 0.0128. The predicted octanol–water partition coefficient (Wildman–Crippen LogP) is 1.15. The molecule has 0 aromatic heterocycles. The van der Waals surface area contributed by atoms with Gasteiger partial charge in [-0.2, -0.15) is 0 Å². The first-order chi connectivity index (χ1) is 7.90. The topological polar surface area (TPSA) is 92.4 Å². The molecule has 0 saturated heterocycles. The highest BCUT2D eigenvalue weighted by Gasteiger charge is 2.09. The van der Waals surface area contributed by atoms with Crippen molar-refractivity contribution in [3.8, 4) is 0 Å². The fourth-order valence-electron chi connectivity index (χ4n) is 1.49. The summed E-state index contributed by atoms with van der Waals surface area (Å²) in [6.45, 7) is 1.89. The first-order valence-electron chi connectivity index (χ1n) is 5.09. The highest BCUT2D eigenvalue weighted by atomic mass is 32.2. The van der Waals surface area contributed by atoms with E-state index in [1.807, 2.05) is 6.92 Å². The van der Waals surface area contributed by atoms with Crippen LogP contribution in [0, 0.1) is 0 Å². The number of hydrogen-bond acceptors (Lipinski definition) is 4. The van der Waals surface area contributed by atoms with Gasteiger partial charge in [-0.15, -0.1) is 0 Å². The van der Waals surface area contributed by atoms with Gasteiger partial charge in [0.15, 0.2) is 0 Å². The standard InChI is InChI=1S/C11H16N2O3S/c1-7(6-17(2)16)13-10-4-3-8(11(14)15)5-9(10)12/h3-5,7,13H,6,12H2,1-2H3,(H,14,15). The molecule has 0 aliphatic heterocycles. The van der Waals surface area contributed by atoms with Gasteiger partial charge in [0.2, 0.25) is 0 Å². The first kappa shape index (κ1) is 13.5. The number of benzene rings is 1. The molecule has 0 aliphatic carbocycles. The maximum Gasteiger partial charge on any atom is 0.335 e. The number of nitrogen functional groups attached to an aromatic ring is 1. The van der Waals surface area contributed by atoms with Crippen LogP contribution in [0.4, 0.5) is 11.4 Å². The molecule has 0 fully saturated rings. The predicted molar refractivity (Wildman–Crippen MR) is 69.8 cm³/mol. The lowest BCUT2D eigenvalue weighted by Crippen LogP contribution is -2.22. The lowest BCUT2D eigenvalue weighted by molar-refractivity contribution is 0.0697. The highest BCUT2D eigenvalue weighted by molar-refractivity contribution is 7.84. The molecule has 1 aromatic carbocycles. The van der Waals surface area contributed by atoms with E-state index in [4.69, 9.17) is 10.8 Å². The summed E-state index contributed by atoms with van der Waals surface area (Å²) >= 11 is 0. The Balaban J connectivity index is 2.79. The van der Waals surface area contributed by atoms with Gasteiger partial charge < -0.3 is 16.2 Å². The molecule has 2 unspecified atom stereocenters. The normalized spacial score (nSPS) is 14.0. The van der Waals surface area contributed by atoms with Gasteiger partial charge in [-0.1, -0.05) is 0 Å². The van der Waals surface area contributed by atoms with E-state index in [0.29, 0.717) is 17.1 Å².